The molecule has 17 heavy (non-hydrogen) atoms. The highest BCUT2D eigenvalue weighted by Gasteiger charge is 2.41. The molecule has 0 N–H and O–H groups in total. The number of hydrogen-bond donors (Lipinski definition) is 0. The molecule has 0 aliphatic carbocycles. The van der Waals surface area contributed by atoms with Crippen molar-refractivity contribution in [3.63, 3.8) is 0 Å². The maximum Gasteiger partial charge on any atom is 0.454 e. The first-order chi connectivity index (χ1) is 7.66. The van der Waals surface area contributed by atoms with Gasteiger partial charge in [-0.25, -0.2) is 0 Å². The molecular formula is C8H2Cl2F3NO3. The number of hydrogen-bond acceptors (Lipinski definition) is 3. The summed E-state index contributed by atoms with van der Waals surface area (Å²) in [7, 11) is 0. The van der Waals surface area contributed by atoms with E-state index in [1.165, 1.54) is 0 Å². The predicted octanol–water partition coefficient (Wildman–Crippen LogP) is 3.65. The van der Waals surface area contributed by atoms with Crippen molar-refractivity contribution in [1.82, 2.24) is 0 Å². The number of rotatable bonds is 2. The Morgan fingerprint density at radius 3 is 2.18 bits per heavy atom. The molecule has 4 nitrogen and oxygen atoms in total. The number of nitro groups is 1. The summed E-state index contributed by atoms with van der Waals surface area (Å²) in [5, 5.41) is 8.92. The zero-order chi connectivity index (χ0) is 13.4. The van der Waals surface area contributed by atoms with E-state index >= 15 is 0 Å². The number of nitro benzene ring substituents is 1. The van der Waals surface area contributed by atoms with Gasteiger partial charge in [0.15, 0.2) is 0 Å². The number of Topliss-reactive ketones (excluding diaryl/α,β-unsaturated/α-hetero) is 1. The number of alkyl halides is 3. The maximum atomic E-state index is 12.1. The SMILES string of the molecule is O=C(c1ccc([N+](=O)[O-])c(Cl)c1Cl)C(F)(F)F. The first-order valence-electron chi connectivity index (χ1n) is 3.90. The molecule has 0 saturated heterocycles. The standard InChI is InChI=1S/C8H2Cl2F3NO3/c9-5-3(7(15)8(11,12)13)1-2-4(6(5)10)14(16)17/h1-2H. The number of halogens is 5. The molecule has 0 amide bonds. The van der Waals surface area contributed by atoms with Gasteiger partial charge in [0.05, 0.1) is 9.95 Å². The van der Waals surface area contributed by atoms with Crippen molar-refractivity contribution >= 4 is 34.7 Å². The molecule has 0 heterocycles. The van der Waals surface area contributed by atoms with Crippen LogP contribution in [-0.2, 0) is 0 Å². The van der Waals surface area contributed by atoms with Crippen molar-refractivity contribution < 1.29 is 22.9 Å². The van der Waals surface area contributed by atoms with Crippen molar-refractivity contribution in [3.05, 3.63) is 37.9 Å². The van der Waals surface area contributed by atoms with Crippen molar-refractivity contribution in [2.75, 3.05) is 0 Å². The number of benzene rings is 1. The molecule has 0 aliphatic rings. The zero-order valence-electron chi connectivity index (χ0n) is 7.72. The van der Waals surface area contributed by atoms with Crippen LogP contribution >= 0.6 is 23.2 Å². The lowest BCUT2D eigenvalue weighted by atomic mass is 10.1. The second kappa shape index (κ2) is 4.50. The molecule has 1 rings (SSSR count). The summed E-state index contributed by atoms with van der Waals surface area (Å²) < 4.78 is 36.4. The third-order valence-electron chi connectivity index (χ3n) is 1.76. The van der Waals surface area contributed by atoms with Gasteiger partial charge in [0.25, 0.3) is 11.5 Å². The van der Waals surface area contributed by atoms with E-state index in [1.54, 1.807) is 0 Å². The van der Waals surface area contributed by atoms with Crippen LogP contribution in [0.5, 0.6) is 0 Å². The van der Waals surface area contributed by atoms with Gasteiger partial charge in [0.1, 0.15) is 5.02 Å². The lowest BCUT2D eigenvalue weighted by Gasteiger charge is -2.07. The lowest BCUT2D eigenvalue weighted by molar-refractivity contribution is -0.384. The summed E-state index contributed by atoms with van der Waals surface area (Å²) in [5.74, 6) is -2.21. The van der Waals surface area contributed by atoms with Crippen molar-refractivity contribution in [2.45, 2.75) is 6.18 Å². The van der Waals surface area contributed by atoms with Gasteiger partial charge in [-0.05, 0) is 6.07 Å². The largest absolute Gasteiger partial charge is 0.454 e. The van der Waals surface area contributed by atoms with E-state index in [9.17, 15) is 28.1 Å². The number of nitrogens with zero attached hydrogens (tertiary/aromatic N) is 1. The highest BCUT2D eigenvalue weighted by molar-refractivity contribution is 6.45. The Morgan fingerprint density at radius 2 is 1.76 bits per heavy atom. The molecule has 0 aromatic heterocycles. The van der Waals surface area contributed by atoms with Crippen LogP contribution in [-0.4, -0.2) is 16.9 Å². The lowest BCUT2D eigenvalue weighted by Crippen LogP contribution is -2.23. The van der Waals surface area contributed by atoms with Crippen LogP contribution in [0, 0.1) is 10.1 Å². The quantitative estimate of drug-likeness (QED) is 0.474. The minimum Gasteiger partial charge on any atom is -0.284 e. The van der Waals surface area contributed by atoms with Gasteiger partial charge in [-0.15, -0.1) is 0 Å². The fourth-order valence-corrected chi connectivity index (χ4v) is 1.49. The average Bonchev–Trinajstić information content (AvgIpc) is 2.19. The van der Waals surface area contributed by atoms with Crippen LogP contribution < -0.4 is 0 Å². The minimum atomic E-state index is -5.12. The Balaban J connectivity index is 3.37. The molecule has 0 saturated carbocycles. The van der Waals surface area contributed by atoms with Crippen LogP contribution in [0.2, 0.25) is 10.0 Å². The number of carbonyl (C=O) groups excluding carboxylic acids is 1. The normalized spacial score (nSPS) is 11.4. The second-order valence-corrected chi connectivity index (χ2v) is 3.60. The van der Waals surface area contributed by atoms with Gasteiger partial charge in [-0.1, -0.05) is 23.2 Å². The topological polar surface area (TPSA) is 60.2 Å². The molecule has 0 unspecified atom stereocenters. The second-order valence-electron chi connectivity index (χ2n) is 2.84. The van der Waals surface area contributed by atoms with Crippen LogP contribution in [0.15, 0.2) is 12.1 Å². The molecule has 1 aromatic rings. The van der Waals surface area contributed by atoms with Gasteiger partial charge in [0.2, 0.25) is 0 Å². The fourth-order valence-electron chi connectivity index (χ4n) is 1.01. The van der Waals surface area contributed by atoms with Gasteiger partial charge < -0.3 is 0 Å². The molecule has 0 bridgehead atoms. The highest BCUT2D eigenvalue weighted by atomic mass is 35.5. The van der Waals surface area contributed by atoms with Crippen LogP contribution in [0.3, 0.4) is 0 Å². The average molecular weight is 288 g/mol. The Kier molecular flexibility index (Phi) is 3.63. The zero-order valence-corrected chi connectivity index (χ0v) is 9.23. The van der Waals surface area contributed by atoms with Crippen molar-refractivity contribution in [3.8, 4) is 0 Å². The predicted molar refractivity (Wildman–Crippen MR) is 53.5 cm³/mol. The van der Waals surface area contributed by atoms with E-state index in [0.717, 1.165) is 0 Å². The molecule has 1 aromatic carbocycles. The summed E-state index contributed by atoms with van der Waals surface area (Å²) in [6.45, 7) is 0. The fraction of sp³-hybridized carbons (Fsp3) is 0.125. The number of ketones is 1. The molecule has 0 atom stereocenters. The van der Waals surface area contributed by atoms with Gasteiger partial charge in [-0.3, -0.25) is 14.9 Å². The summed E-state index contributed by atoms with van der Waals surface area (Å²) >= 11 is 10.8. The molecular weight excluding hydrogens is 286 g/mol. The molecule has 0 spiro atoms. The Hall–Kier alpha value is -1.34. The Bertz CT molecular complexity index is 502. The summed E-state index contributed by atoms with van der Waals surface area (Å²) in [6.07, 6.45) is -5.12. The van der Waals surface area contributed by atoms with E-state index in [2.05, 4.69) is 0 Å². The minimum absolute atomic E-state index is 0.613. The van der Waals surface area contributed by atoms with Crippen LogP contribution in [0.1, 0.15) is 10.4 Å². The maximum absolute atomic E-state index is 12.1. The smallest absolute Gasteiger partial charge is 0.284 e. The molecule has 0 aliphatic heterocycles. The van der Waals surface area contributed by atoms with E-state index in [0.29, 0.717) is 12.1 Å². The summed E-state index contributed by atoms with van der Waals surface area (Å²) in [4.78, 5) is 20.4. The third-order valence-corrected chi connectivity index (χ3v) is 2.63. The van der Waals surface area contributed by atoms with E-state index in [1.807, 2.05) is 0 Å². The first kappa shape index (κ1) is 13.7. The molecule has 9 heteroatoms. The van der Waals surface area contributed by atoms with Gasteiger partial charge in [-0.2, -0.15) is 13.2 Å². The van der Waals surface area contributed by atoms with Gasteiger partial charge >= 0.3 is 6.18 Å². The summed E-state index contributed by atoms with van der Waals surface area (Å²) in [5.41, 5.74) is -1.59. The van der Waals surface area contributed by atoms with E-state index < -0.39 is 38.2 Å². The third kappa shape index (κ3) is 2.67. The van der Waals surface area contributed by atoms with Crippen molar-refractivity contribution in [2.24, 2.45) is 0 Å². The van der Waals surface area contributed by atoms with Gasteiger partial charge in [0, 0.05) is 11.6 Å². The number of carbonyl (C=O) groups is 1. The highest BCUT2D eigenvalue weighted by Crippen LogP contribution is 2.36. The van der Waals surface area contributed by atoms with Crippen LogP contribution in [0.4, 0.5) is 18.9 Å². The Labute approximate surface area is 102 Å². The van der Waals surface area contributed by atoms with Crippen molar-refractivity contribution in [1.29, 1.82) is 0 Å². The molecule has 92 valence electrons. The molecule has 0 fully saturated rings. The van der Waals surface area contributed by atoms with E-state index in [4.69, 9.17) is 23.2 Å². The first-order valence-corrected chi connectivity index (χ1v) is 4.65. The monoisotopic (exact) mass is 287 g/mol. The Morgan fingerprint density at radius 1 is 1.24 bits per heavy atom. The van der Waals surface area contributed by atoms with E-state index in [-0.39, 0.29) is 0 Å². The molecule has 0 radical (unpaired) electrons. The summed E-state index contributed by atoms with van der Waals surface area (Å²) in [6, 6.07) is 1.30. The van der Waals surface area contributed by atoms with Crippen LogP contribution in [0.25, 0.3) is 0 Å².